The van der Waals surface area contributed by atoms with Crippen molar-refractivity contribution < 1.29 is 9.59 Å². The van der Waals surface area contributed by atoms with Crippen molar-refractivity contribution in [1.29, 1.82) is 0 Å². The Morgan fingerprint density at radius 2 is 1.24 bits per heavy atom. The van der Waals surface area contributed by atoms with Crippen LogP contribution >= 0.6 is 0 Å². The lowest BCUT2D eigenvalue weighted by molar-refractivity contribution is -0.123. The van der Waals surface area contributed by atoms with Gasteiger partial charge in [-0.15, -0.1) is 0 Å². The van der Waals surface area contributed by atoms with E-state index in [1.54, 1.807) is 0 Å². The summed E-state index contributed by atoms with van der Waals surface area (Å²) in [5, 5.41) is 5.89. The first-order valence-electron chi connectivity index (χ1n) is 8.84. The Kier molecular flexibility index (Phi) is 7.70. The van der Waals surface area contributed by atoms with Gasteiger partial charge in [-0.2, -0.15) is 0 Å². The maximum Gasteiger partial charge on any atom is 0.226 e. The molecular weight excluding hydrogens is 312 g/mol. The van der Waals surface area contributed by atoms with Gasteiger partial charge in [0.25, 0.3) is 0 Å². The second-order valence-electron chi connectivity index (χ2n) is 6.15. The van der Waals surface area contributed by atoms with Crippen LogP contribution in [0.25, 0.3) is 0 Å². The number of benzene rings is 2. The van der Waals surface area contributed by atoms with Gasteiger partial charge in [0.1, 0.15) is 6.17 Å². The Labute approximate surface area is 149 Å². The predicted octanol–water partition coefficient (Wildman–Crippen LogP) is 3.22. The van der Waals surface area contributed by atoms with Crippen molar-refractivity contribution in [2.24, 2.45) is 0 Å². The van der Waals surface area contributed by atoms with E-state index in [2.05, 4.69) is 17.6 Å². The SMILES string of the molecule is CCCCC(NC(=O)Cc1ccccc1)NC(=O)Cc1ccccc1. The zero-order valence-corrected chi connectivity index (χ0v) is 14.7. The first kappa shape index (κ1) is 18.7. The van der Waals surface area contributed by atoms with Gasteiger partial charge < -0.3 is 10.6 Å². The minimum atomic E-state index is -0.327. The molecule has 4 nitrogen and oxygen atoms in total. The Bertz CT molecular complexity index is 601. The standard InChI is InChI=1S/C21H26N2O2/c1-2-3-14-19(22-20(24)15-17-10-6-4-7-11-17)23-21(25)16-18-12-8-5-9-13-18/h4-13,19H,2-3,14-16H2,1H3,(H,22,24)(H,23,25). The minimum absolute atomic E-state index is 0.0766. The summed E-state index contributed by atoms with van der Waals surface area (Å²) < 4.78 is 0. The molecule has 0 fully saturated rings. The molecule has 2 amide bonds. The maximum absolute atomic E-state index is 12.3. The Balaban J connectivity index is 1.88. The maximum atomic E-state index is 12.3. The third-order valence-electron chi connectivity index (χ3n) is 3.93. The molecule has 0 spiro atoms. The van der Waals surface area contributed by atoms with Crippen LogP contribution in [0.3, 0.4) is 0 Å². The molecule has 2 aromatic rings. The summed E-state index contributed by atoms with van der Waals surface area (Å²) in [6, 6.07) is 19.2. The molecular formula is C21H26N2O2. The van der Waals surface area contributed by atoms with Crippen molar-refractivity contribution in [1.82, 2.24) is 10.6 Å². The van der Waals surface area contributed by atoms with Crippen LogP contribution in [-0.4, -0.2) is 18.0 Å². The molecule has 2 rings (SSSR count). The molecule has 0 aliphatic rings. The fourth-order valence-corrected chi connectivity index (χ4v) is 2.64. The van der Waals surface area contributed by atoms with E-state index >= 15 is 0 Å². The first-order chi connectivity index (χ1) is 12.2. The van der Waals surface area contributed by atoms with Crippen molar-refractivity contribution in [2.45, 2.75) is 45.2 Å². The molecule has 0 heterocycles. The lowest BCUT2D eigenvalue weighted by atomic mass is 10.1. The molecule has 0 saturated heterocycles. The van der Waals surface area contributed by atoms with Crippen LogP contribution in [0.4, 0.5) is 0 Å². The fourth-order valence-electron chi connectivity index (χ4n) is 2.64. The minimum Gasteiger partial charge on any atom is -0.336 e. The van der Waals surface area contributed by atoms with Crippen LogP contribution in [0.2, 0.25) is 0 Å². The molecule has 132 valence electrons. The molecule has 0 radical (unpaired) electrons. The fraction of sp³-hybridized carbons (Fsp3) is 0.333. The van der Waals surface area contributed by atoms with E-state index in [1.165, 1.54) is 0 Å². The molecule has 0 aliphatic heterocycles. The first-order valence-corrected chi connectivity index (χ1v) is 8.84. The van der Waals surface area contributed by atoms with Crippen molar-refractivity contribution in [2.75, 3.05) is 0 Å². The van der Waals surface area contributed by atoms with E-state index in [4.69, 9.17) is 0 Å². The number of amides is 2. The molecule has 0 saturated carbocycles. The van der Waals surface area contributed by atoms with Crippen molar-refractivity contribution in [3.05, 3.63) is 71.8 Å². The number of rotatable bonds is 9. The number of carbonyl (C=O) groups excluding carboxylic acids is 2. The Morgan fingerprint density at radius 3 is 1.64 bits per heavy atom. The normalized spacial score (nSPS) is 10.5. The molecule has 0 aromatic heterocycles. The van der Waals surface area contributed by atoms with E-state index in [0.29, 0.717) is 12.8 Å². The van der Waals surface area contributed by atoms with Crippen LogP contribution in [0.5, 0.6) is 0 Å². The third-order valence-corrected chi connectivity index (χ3v) is 3.93. The molecule has 0 unspecified atom stereocenters. The lowest BCUT2D eigenvalue weighted by Crippen LogP contribution is -2.48. The van der Waals surface area contributed by atoms with E-state index in [-0.39, 0.29) is 18.0 Å². The second-order valence-corrected chi connectivity index (χ2v) is 6.15. The molecule has 0 aliphatic carbocycles. The molecule has 25 heavy (non-hydrogen) atoms. The monoisotopic (exact) mass is 338 g/mol. The van der Waals surface area contributed by atoms with E-state index < -0.39 is 0 Å². The summed E-state index contributed by atoms with van der Waals surface area (Å²) in [5.74, 6) is -0.153. The smallest absolute Gasteiger partial charge is 0.226 e. The van der Waals surface area contributed by atoms with Crippen LogP contribution in [0, 0.1) is 0 Å². The van der Waals surface area contributed by atoms with Crippen LogP contribution in [-0.2, 0) is 22.4 Å². The topological polar surface area (TPSA) is 58.2 Å². The van der Waals surface area contributed by atoms with Gasteiger partial charge in [0.05, 0.1) is 12.8 Å². The second kappa shape index (κ2) is 10.3. The van der Waals surface area contributed by atoms with Gasteiger partial charge in [0.15, 0.2) is 0 Å². The summed E-state index contributed by atoms with van der Waals surface area (Å²) in [5.41, 5.74) is 1.93. The van der Waals surface area contributed by atoms with Gasteiger partial charge in [-0.3, -0.25) is 9.59 Å². The number of carbonyl (C=O) groups is 2. The number of hydrogen-bond acceptors (Lipinski definition) is 2. The van der Waals surface area contributed by atoms with Crippen LogP contribution < -0.4 is 10.6 Å². The zero-order chi connectivity index (χ0) is 17.9. The predicted molar refractivity (Wildman–Crippen MR) is 99.9 cm³/mol. The summed E-state index contributed by atoms with van der Waals surface area (Å²) >= 11 is 0. The lowest BCUT2D eigenvalue weighted by Gasteiger charge is -2.20. The summed E-state index contributed by atoms with van der Waals surface area (Å²) in [4.78, 5) is 24.5. The van der Waals surface area contributed by atoms with Crippen LogP contribution in [0.15, 0.2) is 60.7 Å². The number of unbranched alkanes of at least 4 members (excludes halogenated alkanes) is 1. The summed E-state index contributed by atoms with van der Waals surface area (Å²) in [6.07, 6.45) is 3.00. The number of nitrogens with one attached hydrogen (secondary N) is 2. The summed E-state index contributed by atoms with van der Waals surface area (Å²) in [7, 11) is 0. The highest BCUT2D eigenvalue weighted by molar-refractivity contribution is 5.81. The Hall–Kier alpha value is -2.62. The van der Waals surface area contributed by atoms with E-state index in [1.807, 2.05) is 60.7 Å². The molecule has 2 N–H and O–H groups in total. The highest BCUT2D eigenvalue weighted by atomic mass is 16.2. The van der Waals surface area contributed by atoms with Crippen molar-refractivity contribution in [3.8, 4) is 0 Å². The molecule has 0 atom stereocenters. The quantitative estimate of drug-likeness (QED) is 0.690. The largest absolute Gasteiger partial charge is 0.336 e. The third kappa shape index (κ3) is 7.21. The summed E-state index contributed by atoms with van der Waals surface area (Å²) in [6.45, 7) is 2.09. The highest BCUT2D eigenvalue weighted by Crippen LogP contribution is 2.04. The van der Waals surface area contributed by atoms with E-state index in [9.17, 15) is 9.59 Å². The van der Waals surface area contributed by atoms with Crippen molar-refractivity contribution >= 4 is 11.8 Å². The van der Waals surface area contributed by atoms with Gasteiger partial charge >= 0.3 is 0 Å². The van der Waals surface area contributed by atoms with Crippen LogP contribution in [0.1, 0.15) is 37.3 Å². The Morgan fingerprint density at radius 1 is 0.800 bits per heavy atom. The average molecular weight is 338 g/mol. The molecule has 4 heteroatoms. The number of hydrogen-bond donors (Lipinski definition) is 2. The average Bonchev–Trinajstić information content (AvgIpc) is 2.61. The molecule has 2 aromatic carbocycles. The van der Waals surface area contributed by atoms with Gasteiger partial charge in [-0.25, -0.2) is 0 Å². The van der Waals surface area contributed by atoms with Gasteiger partial charge in [0, 0.05) is 0 Å². The highest BCUT2D eigenvalue weighted by Gasteiger charge is 2.15. The van der Waals surface area contributed by atoms with Gasteiger partial charge in [-0.1, -0.05) is 74.0 Å². The zero-order valence-electron chi connectivity index (χ0n) is 14.7. The van der Waals surface area contributed by atoms with E-state index in [0.717, 1.165) is 30.4 Å². The van der Waals surface area contributed by atoms with Crippen molar-refractivity contribution in [3.63, 3.8) is 0 Å². The molecule has 0 bridgehead atoms. The van der Waals surface area contributed by atoms with Gasteiger partial charge in [-0.05, 0) is 24.0 Å². The van der Waals surface area contributed by atoms with Gasteiger partial charge in [0.2, 0.25) is 11.8 Å².